The summed E-state index contributed by atoms with van der Waals surface area (Å²) in [6.45, 7) is 2.14. The van der Waals surface area contributed by atoms with Crippen LogP contribution in [0.5, 0.6) is 11.5 Å². The van der Waals surface area contributed by atoms with E-state index in [4.69, 9.17) is 10.5 Å². The highest BCUT2D eigenvalue weighted by Gasteiger charge is 2.37. The van der Waals surface area contributed by atoms with E-state index in [1.54, 1.807) is 0 Å². The molecule has 0 spiro atoms. The number of hydrogen-bond acceptors (Lipinski definition) is 3. The molecule has 1 aliphatic carbocycles. The van der Waals surface area contributed by atoms with Gasteiger partial charge in [-0.25, -0.2) is 0 Å². The van der Waals surface area contributed by atoms with Crippen LogP contribution in [0.15, 0.2) is 66.7 Å². The second-order valence-corrected chi connectivity index (χ2v) is 7.72. The molecule has 4 nitrogen and oxygen atoms in total. The number of carboxylic acid groups (broad SMARTS) is 1. The van der Waals surface area contributed by atoms with Crippen LogP contribution in [0.4, 0.5) is 0 Å². The Morgan fingerprint density at radius 1 is 1.07 bits per heavy atom. The summed E-state index contributed by atoms with van der Waals surface area (Å²) < 4.78 is 6.24. The summed E-state index contributed by atoms with van der Waals surface area (Å²) in [5.74, 6) is 0.516. The number of aliphatic carboxylic acids is 1. The zero-order chi connectivity index (χ0) is 20.4. The third-order valence-corrected chi connectivity index (χ3v) is 5.71. The molecule has 0 amide bonds. The standard InChI is InChI=1S/C25H25NO3/c1-2-17-6-5-7-19(14-17)22-8-3-4-9-23(22)29-21-11-10-18-12-13-25(26,24(27)28)16-20(18)15-21/h3-11,14-15H,2,12-13,16,26H2,1H3,(H,27,28). The zero-order valence-electron chi connectivity index (χ0n) is 16.5. The maximum absolute atomic E-state index is 11.6. The van der Waals surface area contributed by atoms with Crippen molar-refractivity contribution >= 4 is 5.97 Å². The van der Waals surface area contributed by atoms with Crippen molar-refractivity contribution in [2.24, 2.45) is 5.73 Å². The van der Waals surface area contributed by atoms with E-state index in [1.165, 1.54) is 5.56 Å². The van der Waals surface area contributed by atoms with Gasteiger partial charge in [-0.05, 0) is 59.7 Å². The molecule has 0 saturated heterocycles. The average molecular weight is 387 g/mol. The summed E-state index contributed by atoms with van der Waals surface area (Å²) in [5, 5.41) is 9.48. The van der Waals surface area contributed by atoms with Crippen molar-refractivity contribution in [2.75, 3.05) is 0 Å². The van der Waals surface area contributed by atoms with E-state index in [9.17, 15) is 9.90 Å². The summed E-state index contributed by atoms with van der Waals surface area (Å²) in [7, 11) is 0. The van der Waals surface area contributed by atoms with Crippen molar-refractivity contribution in [3.8, 4) is 22.6 Å². The summed E-state index contributed by atoms with van der Waals surface area (Å²) >= 11 is 0. The predicted molar refractivity (Wildman–Crippen MR) is 114 cm³/mol. The van der Waals surface area contributed by atoms with Gasteiger partial charge in [0.25, 0.3) is 0 Å². The molecule has 0 heterocycles. The van der Waals surface area contributed by atoms with E-state index in [-0.39, 0.29) is 0 Å². The summed E-state index contributed by atoms with van der Waals surface area (Å²) in [4.78, 5) is 11.6. The van der Waals surface area contributed by atoms with Crippen LogP contribution >= 0.6 is 0 Å². The highest BCUT2D eigenvalue weighted by atomic mass is 16.5. The quantitative estimate of drug-likeness (QED) is 0.648. The second-order valence-electron chi connectivity index (χ2n) is 7.72. The van der Waals surface area contributed by atoms with Crippen LogP contribution in [0.2, 0.25) is 0 Å². The Morgan fingerprint density at radius 2 is 1.90 bits per heavy atom. The Bertz CT molecular complexity index is 1060. The molecule has 29 heavy (non-hydrogen) atoms. The van der Waals surface area contributed by atoms with Crippen molar-refractivity contribution in [3.05, 3.63) is 83.4 Å². The molecule has 0 aliphatic heterocycles. The molecule has 0 radical (unpaired) electrons. The van der Waals surface area contributed by atoms with Gasteiger partial charge in [0, 0.05) is 12.0 Å². The van der Waals surface area contributed by atoms with Crippen LogP contribution in [0.25, 0.3) is 11.1 Å². The highest BCUT2D eigenvalue weighted by Crippen LogP contribution is 2.36. The van der Waals surface area contributed by atoms with E-state index in [1.807, 2.05) is 36.4 Å². The second kappa shape index (κ2) is 7.72. The molecule has 3 aromatic rings. The van der Waals surface area contributed by atoms with Crippen molar-refractivity contribution < 1.29 is 14.6 Å². The van der Waals surface area contributed by atoms with E-state index in [0.29, 0.717) is 25.0 Å². The smallest absolute Gasteiger partial charge is 0.324 e. The molecule has 1 unspecified atom stereocenters. The number of rotatable bonds is 5. The Labute approximate surface area is 171 Å². The van der Waals surface area contributed by atoms with Crippen LogP contribution in [-0.4, -0.2) is 16.6 Å². The monoisotopic (exact) mass is 387 g/mol. The van der Waals surface area contributed by atoms with Gasteiger partial charge in [-0.3, -0.25) is 4.79 Å². The first-order chi connectivity index (χ1) is 14.0. The topological polar surface area (TPSA) is 72.5 Å². The van der Waals surface area contributed by atoms with Crippen LogP contribution < -0.4 is 10.5 Å². The maximum atomic E-state index is 11.6. The predicted octanol–water partition coefficient (Wildman–Crippen LogP) is 4.98. The molecule has 3 aromatic carbocycles. The number of carbonyl (C=O) groups is 1. The van der Waals surface area contributed by atoms with Gasteiger partial charge in [0.15, 0.2) is 0 Å². The third kappa shape index (κ3) is 3.89. The van der Waals surface area contributed by atoms with Gasteiger partial charge in [-0.1, -0.05) is 55.5 Å². The van der Waals surface area contributed by atoms with Crippen molar-refractivity contribution in [1.82, 2.24) is 0 Å². The minimum atomic E-state index is -1.20. The van der Waals surface area contributed by atoms with Crippen LogP contribution in [0.1, 0.15) is 30.0 Å². The fourth-order valence-corrected chi connectivity index (χ4v) is 3.92. The molecule has 148 valence electrons. The lowest BCUT2D eigenvalue weighted by Crippen LogP contribution is -2.52. The molecule has 0 fully saturated rings. The fourth-order valence-electron chi connectivity index (χ4n) is 3.92. The van der Waals surface area contributed by atoms with E-state index >= 15 is 0 Å². The molecule has 4 heteroatoms. The first-order valence-electron chi connectivity index (χ1n) is 9.99. The number of aryl methyl sites for hydroxylation is 2. The van der Waals surface area contributed by atoms with Gasteiger partial charge >= 0.3 is 5.97 Å². The first-order valence-corrected chi connectivity index (χ1v) is 9.99. The molecule has 1 atom stereocenters. The Balaban J connectivity index is 1.65. The molecule has 0 bridgehead atoms. The first kappa shape index (κ1) is 19.2. The molecule has 0 aromatic heterocycles. The van der Waals surface area contributed by atoms with Gasteiger partial charge < -0.3 is 15.6 Å². The number of fused-ring (bicyclic) bond motifs is 1. The molecule has 4 rings (SSSR count). The normalized spacial score (nSPS) is 18.1. The lowest BCUT2D eigenvalue weighted by atomic mass is 9.78. The number of hydrogen-bond donors (Lipinski definition) is 2. The van der Waals surface area contributed by atoms with Gasteiger partial charge in [0.05, 0.1) is 0 Å². The largest absolute Gasteiger partial charge is 0.480 e. The van der Waals surface area contributed by atoms with Crippen LogP contribution in [0.3, 0.4) is 0 Å². The molecular formula is C25H25NO3. The van der Waals surface area contributed by atoms with Gasteiger partial charge in [0.2, 0.25) is 0 Å². The number of carboxylic acids is 1. The SMILES string of the molecule is CCc1cccc(-c2ccccc2Oc2ccc3c(c2)CC(N)(C(=O)O)CC3)c1. The molecule has 0 saturated carbocycles. The van der Waals surface area contributed by atoms with Gasteiger partial charge in [-0.2, -0.15) is 0 Å². The molecular weight excluding hydrogens is 362 g/mol. The summed E-state index contributed by atoms with van der Waals surface area (Å²) in [5.41, 5.74) is 10.4. The van der Waals surface area contributed by atoms with Crippen molar-refractivity contribution in [2.45, 2.75) is 38.1 Å². The Hall–Kier alpha value is -3.11. The minimum absolute atomic E-state index is 0.315. The zero-order valence-corrected chi connectivity index (χ0v) is 16.5. The number of benzene rings is 3. The van der Waals surface area contributed by atoms with E-state index in [2.05, 4.69) is 37.3 Å². The Morgan fingerprint density at radius 3 is 2.69 bits per heavy atom. The van der Waals surface area contributed by atoms with E-state index in [0.717, 1.165) is 34.4 Å². The Kier molecular flexibility index (Phi) is 5.12. The maximum Gasteiger partial charge on any atom is 0.324 e. The minimum Gasteiger partial charge on any atom is -0.480 e. The lowest BCUT2D eigenvalue weighted by Gasteiger charge is -2.31. The van der Waals surface area contributed by atoms with Crippen LogP contribution in [0, 0.1) is 0 Å². The third-order valence-electron chi connectivity index (χ3n) is 5.71. The van der Waals surface area contributed by atoms with Crippen molar-refractivity contribution in [3.63, 3.8) is 0 Å². The number of para-hydroxylation sites is 1. The van der Waals surface area contributed by atoms with Crippen molar-refractivity contribution in [1.29, 1.82) is 0 Å². The van der Waals surface area contributed by atoms with Gasteiger partial charge in [0.1, 0.15) is 17.0 Å². The molecule has 3 N–H and O–H groups in total. The summed E-state index contributed by atoms with van der Waals surface area (Å²) in [6.07, 6.45) is 2.41. The summed E-state index contributed by atoms with van der Waals surface area (Å²) in [6, 6.07) is 22.3. The van der Waals surface area contributed by atoms with Crippen LogP contribution in [-0.2, 0) is 24.1 Å². The number of nitrogens with two attached hydrogens (primary N) is 1. The lowest BCUT2D eigenvalue weighted by molar-refractivity contribution is -0.143. The van der Waals surface area contributed by atoms with Gasteiger partial charge in [-0.15, -0.1) is 0 Å². The molecule has 1 aliphatic rings. The van der Waals surface area contributed by atoms with E-state index < -0.39 is 11.5 Å². The highest BCUT2D eigenvalue weighted by molar-refractivity contribution is 5.79. The fraction of sp³-hybridized carbons (Fsp3) is 0.240. The number of ether oxygens (including phenoxy) is 1. The average Bonchev–Trinajstić information content (AvgIpc) is 2.74.